The monoisotopic (exact) mass is 506 g/mol. The molecule has 2 heterocycles. The minimum atomic E-state index is 0. The molecule has 0 atom stereocenters. The van der Waals surface area contributed by atoms with Crippen molar-refractivity contribution in [3.8, 4) is 11.5 Å². The molecule has 0 saturated carbocycles. The van der Waals surface area contributed by atoms with Crippen molar-refractivity contribution in [2.45, 2.75) is 33.4 Å². The Balaban J connectivity index is 0.00000261. The lowest BCUT2D eigenvalue weighted by Crippen LogP contribution is -2.36. The topological polar surface area (TPSA) is 80.9 Å². The average molecular weight is 507 g/mol. The first-order valence-electron chi connectivity index (χ1n) is 8.52. The van der Waals surface area contributed by atoms with Gasteiger partial charge in [0.05, 0.1) is 23.9 Å². The van der Waals surface area contributed by atoms with Crippen LogP contribution >= 0.6 is 35.6 Å². The summed E-state index contributed by atoms with van der Waals surface area (Å²) >= 11 is 6.34. The summed E-state index contributed by atoms with van der Waals surface area (Å²) in [5.41, 5.74) is 2.89. The number of hydrogen-bond acceptors (Lipinski definition) is 5. The molecule has 0 bridgehead atoms. The fourth-order valence-corrected chi connectivity index (χ4v) is 3.01. The van der Waals surface area contributed by atoms with Gasteiger partial charge in [-0.05, 0) is 31.5 Å². The number of nitrogens with zero attached hydrogens (tertiary/aromatic N) is 2. The number of guanidine groups is 1. The molecule has 1 aromatic heterocycles. The molecule has 0 radical (unpaired) electrons. The Morgan fingerprint density at radius 3 is 2.63 bits per heavy atom. The first-order chi connectivity index (χ1) is 12.6. The number of fused-ring (bicyclic) bond motifs is 1. The van der Waals surface area contributed by atoms with Gasteiger partial charge in [-0.1, -0.05) is 16.8 Å². The van der Waals surface area contributed by atoms with Crippen molar-refractivity contribution in [2.75, 3.05) is 20.3 Å². The van der Waals surface area contributed by atoms with Crippen molar-refractivity contribution in [3.63, 3.8) is 0 Å². The lowest BCUT2D eigenvalue weighted by atomic mass is 10.2. The van der Waals surface area contributed by atoms with Crippen LogP contribution in [-0.4, -0.2) is 31.4 Å². The van der Waals surface area contributed by atoms with E-state index in [9.17, 15) is 0 Å². The van der Waals surface area contributed by atoms with Crippen molar-refractivity contribution in [3.05, 3.63) is 39.7 Å². The third kappa shape index (κ3) is 5.41. The average Bonchev–Trinajstić information content (AvgIpc) is 2.82. The number of hydrogen-bond donors (Lipinski definition) is 2. The lowest BCUT2D eigenvalue weighted by molar-refractivity contribution is 0.297. The van der Waals surface area contributed by atoms with Crippen LogP contribution in [0.1, 0.15) is 29.0 Å². The third-order valence-electron chi connectivity index (χ3n) is 4.16. The molecule has 0 spiro atoms. The van der Waals surface area contributed by atoms with Gasteiger partial charge in [0, 0.05) is 32.1 Å². The molecule has 0 fully saturated rings. The Labute approximate surface area is 180 Å². The second-order valence-electron chi connectivity index (χ2n) is 6.04. The van der Waals surface area contributed by atoms with E-state index in [2.05, 4.69) is 20.8 Å². The molecule has 0 saturated heterocycles. The maximum absolute atomic E-state index is 6.34. The van der Waals surface area contributed by atoms with Gasteiger partial charge >= 0.3 is 0 Å². The summed E-state index contributed by atoms with van der Waals surface area (Å²) in [5.74, 6) is 2.78. The van der Waals surface area contributed by atoms with Crippen LogP contribution in [-0.2, 0) is 13.1 Å². The van der Waals surface area contributed by atoms with Crippen molar-refractivity contribution in [2.24, 2.45) is 4.99 Å². The van der Waals surface area contributed by atoms with Gasteiger partial charge in [-0.15, -0.1) is 24.0 Å². The fourth-order valence-electron chi connectivity index (χ4n) is 2.72. The van der Waals surface area contributed by atoms with Crippen LogP contribution in [0.5, 0.6) is 11.5 Å². The number of rotatable bonds is 4. The highest BCUT2D eigenvalue weighted by molar-refractivity contribution is 14.0. The van der Waals surface area contributed by atoms with Crippen molar-refractivity contribution in [1.29, 1.82) is 0 Å². The molecule has 1 aliphatic rings. The highest BCUT2D eigenvalue weighted by Gasteiger charge is 2.16. The van der Waals surface area contributed by atoms with E-state index in [1.807, 2.05) is 26.0 Å². The standard InChI is InChI=1S/C18H23ClN4O3.HI/c1-11-14(12(2)26-23-11)10-22-18(20-3)21-9-13-7-15(19)17-16(8-13)24-5-4-6-25-17;/h7-8H,4-6,9-10H2,1-3H3,(H2,20,21,22);1H. The van der Waals surface area contributed by atoms with E-state index < -0.39 is 0 Å². The molecule has 0 amide bonds. The van der Waals surface area contributed by atoms with Gasteiger partial charge in [0.25, 0.3) is 0 Å². The number of ether oxygens (including phenoxy) is 2. The van der Waals surface area contributed by atoms with Crippen LogP contribution in [0.15, 0.2) is 21.6 Å². The number of halogens is 2. The van der Waals surface area contributed by atoms with E-state index in [0.29, 0.717) is 48.8 Å². The first-order valence-corrected chi connectivity index (χ1v) is 8.90. The second kappa shape index (κ2) is 10.0. The highest BCUT2D eigenvalue weighted by Crippen LogP contribution is 2.37. The Kier molecular flexibility index (Phi) is 8.03. The molecule has 0 aliphatic carbocycles. The van der Waals surface area contributed by atoms with Gasteiger partial charge in [-0.2, -0.15) is 0 Å². The summed E-state index contributed by atoms with van der Waals surface area (Å²) in [6.07, 6.45) is 0.844. The predicted molar refractivity (Wildman–Crippen MR) is 115 cm³/mol. The van der Waals surface area contributed by atoms with E-state index in [0.717, 1.165) is 29.0 Å². The lowest BCUT2D eigenvalue weighted by Gasteiger charge is -2.14. The van der Waals surface area contributed by atoms with E-state index in [1.165, 1.54) is 0 Å². The van der Waals surface area contributed by atoms with E-state index in [-0.39, 0.29) is 24.0 Å². The van der Waals surface area contributed by atoms with Crippen LogP contribution in [0.4, 0.5) is 0 Å². The van der Waals surface area contributed by atoms with Gasteiger partial charge in [0.2, 0.25) is 0 Å². The normalized spacial score (nSPS) is 13.6. The van der Waals surface area contributed by atoms with Gasteiger partial charge < -0.3 is 24.6 Å². The maximum Gasteiger partial charge on any atom is 0.191 e. The van der Waals surface area contributed by atoms with Crippen LogP contribution in [0, 0.1) is 13.8 Å². The van der Waals surface area contributed by atoms with Gasteiger partial charge in [-0.3, -0.25) is 4.99 Å². The molecule has 9 heteroatoms. The molecular formula is C18H24ClIN4O3. The smallest absolute Gasteiger partial charge is 0.191 e. The van der Waals surface area contributed by atoms with Gasteiger partial charge in [0.1, 0.15) is 5.76 Å². The highest BCUT2D eigenvalue weighted by atomic mass is 127. The maximum atomic E-state index is 6.34. The first kappa shape index (κ1) is 21.6. The Hall–Kier alpha value is -1.68. The summed E-state index contributed by atoms with van der Waals surface area (Å²) in [6.45, 7) is 6.19. The Morgan fingerprint density at radius 2 is 1.93 bits per heavy atom. The van der Waals surface area contributed by atoms with E-state index >= 15 is 0 Å². The molecule has 1 aromatic carbocycles. The quantitative estimate of drug-likeness (QED) is 0.375. The van der Waals surface area contributed by atoms with Crippen molar-refractivity contribution >= 4 is 41.5 Å². The summed E-state index contributed by atoms with van der Waals surface area (Å²) in [4.78, 5) is 4.24. The van der Waals surface area contributed by atoms with E-state index in [4.69, 9.17) is 25.6 Å². The molecular weight excluding hydrogens is 483 g/mol. The minimum absolute atomic E-state index is 0. The number of nitrogens with one attached hydrogen (secondary N) is 2. The van der Waals surface area contributed by atoms with Crippen LogP contribution in [0.2, 0.25) is 5.02 Å². The summed E-state index contributed by atoms with van der Waals surface area (Å²) in [5, 5.41) is 11.0. The summed E-state index contributed by atoms with van der Waals surface area (Å²) < 4.78 is 16.6. The molecule has 3 rings (SSSR count). The number of aliphatic imine (C=N–C) groups is 1. The fraction of sp³-hybridized carbons (Fsp3) is 0.444. The Bertz CT molecular complexity index is 791. The third-order valence-corrected chi connectivity index (χ3v) is 4.44. The van der Waals surface area contributed by atoms with Gasteiger partial charge in [-0.25, -0.2) is 0 Å². The largest absolute Gasteiger partial charge is 0.489 e. The van der Waals surface area contributed by atoms with Crippen LogP contribution < -0.4 is 20.1 Å². The van der Waals surface area contributed by atoms with Crippen molar-refractivity contribution < 1.29 is 14.0 Å². The molecule has 0 unspecified atom stereocenters. The van der Waals surface area contributed by atoms with Crippen LogP contribution in [0.25, 0.3) is 0 Å². The zero-order chi connectivity index (χ0) is 18.5. The zero-order valence-electron chi connectivity index (χ0n) is 15.6. The molecule has 7 nitrogen and oxygen atoms in total. The SMILES string of the molecule is CN=C(NCc1cc(Cl)c2c(c1)OCCCO2)NCc1c(C)noc1C.I. The van der Waals surface area contributed by atoms with E-state index in [1.54, 1.807) is 7.05 Å². The minimum Gasteiger partial charge on any atom is -0.489 e. The molecule has 2 N–H and O–H groups in total. The van der Waals surface area contributed by atoms with Crippen LogP contribution in [0.3, 0.4) is 0 Å². The molecule has 148 valence electrons. The second-order valence-corrected chi connectivity index (χ2v) is 6.44. The molecule has 2 aromatic rings. The van der Waals surface area contributed by atoms with Gasteiger partial charge in [0.15, 0.2) is 17.5 Å². The molecule has 27 heavy (non-hydrogen) atoms. The molecule has 1 aliphatic heterocycles. The van der Waals surface area contributed by atoms with Crippen molar-refractivity contribution in [1.82, 2.24) is 15.8 Å². The number of aromatic nitrogens is 1. The summed E-state index contributed by atoms with van der Waals surface area (Å²) in [6, 6.07) is 3.82. The number of aryl methyl sites for hydroxylation is 2. The number of benzene rings is 1. The zero-order valence-corrected chi connectivity index (χ0v) is 18.7. The Morgan fingerprint density at radius 1 is 1.19 bits per heavy atom. The predicted octanol–water partition coefficient (Wildman–Crippen LogP) is 3.59. The summed E-state index contributed by atoms with van der Waals surface area (Å²) in [7, 11) is 1.73.